The Kier molecular flexibility index (Phi) is 3.21. The first-order valence-corrected chi connectivity index (χ1v) is 7.30. The number of rotatable bonds is 3. The van der Waals surface area contributed by atoms with Crippen LogP contribution in [0.1, 0.15) is 11.3 Å². The summed E-state index contributed by atoms with van der Waals surface area (Å²) in [6, 6.07) is 8.53. The van der Waals surface area contributed by atoms with E-state index in [2.05, 4.69) is 40.1 Å². The van der Waals surface area contributed by atoms with Crippen LogP contribution in [0, 0.1) is 6.92 Å². The number of benzene rings is 1. The van der Waals surface area contributed by atoms with Crippen molar-refractivity contribution in [2.24, 2.45) is 7.05 Å². The van der Waals surface area contributed by atoms with Crippen molar-refractivity contribution in [1.82, 2.24) is 9.78 Å². The fourth-order valence-electron chi connectivity index (χ4n) is 2.14. The Morgan fingerprint density at radius 3 is 2.95 bits per heavy atom. The van der Waals surface area contributed by atoms with E-state index in [1.165, 1.54) is 10.1 Å². The molecule has 0 atom stereocenters. The van der Waals surface area contributed by atoms with Gasteiger partial charge in [-0.3, -0.25) is 4.68 Å². The van der Waals surface area contributed by atoms with E-state index in [4.69, 9.17) is 11.6 Å². The van der Waals surface area contributed by atoms with E-state index in [0.717, 1.165) is 16.9 Å². The van der Waals surface area contributed by atoms with Gasteiger partial charge in [-0.2, -0.15) is 5.10 Å². The smallest absolute Gasteiger partial charge is 0.131 e. The molecule has 3 rings (SSSR count). The summed E-state index contributed by atoms with van der Waals surface area (Å²) in [5.41, 5.74) is 3.12. The standard InChI is InChI=1S/C14H14ClN3S/c1-9-12(14(15)18(2)17-9)8-16-11-3-4-13-10(7-11)5-6-19-13/h3-7,16H,8H2,1-2H3. The Labute approximate surface area is 120 Å². The molecule has 0 aliphatic carbocycles. The minimum Gasteiger partial charge on any atom is -0.381 e. The molecular weight excluding hydrogens is 278 g/mol. The molecule has 0 radical (unpaired) electrons. The van der Waals surface area contributed by atoms with E-state index < -0.39 is 0 Å². The van der Waals surface area contributed by atoms with Crippen LogP contribution in [-0.2, 0) is 13.6 Å². The van der Waals surface area contributed by atoms with Crippen molar-refractivity contribution in [3.63, 3.8) is 0 Å². The quantitative estimate of drug-likeness (QED) is 0.783. The molecule has 0 bridgehead atoms. The summed E-state index contributed by atoms with van der Waals surface area (Å²) >= 11 is 7.98. The van der Waals surface area contributed by atoms with Gasteiger partial charge in [-0.1, -0.05) is 11.6 Å². The lowest BCUT2D eigenvalue weighted by molar-refractivity contribution is 0.757. The lowest BCUT2D eigenvalue weighted by atomic mass is 10.2. The second-order valence-electron chi connectivity index (χ2n) is 4.51. The molecule has 3 nitrogen and oxygen atoms in total. The molecule has 0 aliphatic rings. The highest BCUT2D eigenvalue weighted by Crippen LogP contribution is 2.25. The van der Waals surface area contributed by atoms with Gasteiger partial charge in [-0.05, 0) is 42.0 Å². The topological polar surface area (TPSA) is 29.9 Å². The first-order valence-electron chi connectivity index (χ1n) is 6.04. The number of fused-ring (bicyclic) bond motifs is 1. The van der Waals surface area contributed by atoms with Crippen LogP contribution in [0.2, 0.25) is 5.15 Å². The molecule has 0 amide bonds. The van der Waals surface area contributed by atoms with Crippen LogP contribution in [0.5, 0.6) is 0 Å². The summed E-state index contributed by atoms with van der Waals surface area (Å²) in [4.78, 5) is 0. The molecule has 0 fully saturated rings. The molecule has 0 unspecified atom stereocenters. The molecule has 0 saturated carbocycles. The number of hydrogen-bond acceptors (Lipinski definition) is 3. The Morgan fingerprint density at radius 1 is 1.37 bits per heavy atom. The summed E-state index contributed by atoms with van der Waals surface area (Å²) in [5.74, 6) is 0. The average molecular weight is 292 g/mol. The highest BCUT2D eigenvalue weighted by atomic mass is 35.5. The summed E-state index contributed by atoms with van der Waals surface area (Å²) in [6.07, 6.45) is 0. The van der Waals surface area contributed by atoms with E-state index in [9.17, 15) is 0 Å². The highest BCUT2D eigenvalue weighted by molar-refractivity contribution is 7.17. The molecule has 98 valence electrons. The molecule has 3 aromatic rings. The number of aryl methyl sites for hydroxylation is 2. The van der Waals surface area contributed by atoms with Crippen molar-refractivity contribution in [3.05, 3.63) is 46.1 Å². The maximum absolute atomic E-state index is 6.22. The molecule has 2 aromatic heterocycles. The largest absolute Gasteiger partial charge is 0.381 e. The molecule has 1 N–H and O–H groups in total. The van der Waals surface area contributed by atoms with Gasteiger partial charge in [0.05, 0.1) is 5.69 Å². The number of thiophene rings is 1. The minimum atomic E-state index is 0.689. The van der Waals surface area contributed by atoms with Crippen molar-refractivity contribution in [2.45, 2.75) is 13.5 Å². The van der Waals surface area contributed by atoms with Crippen LogP contribution in [0.4, 0.5) is 5.69 Å². The average Bonchev–Trinajstić information content (AvgIpc) is 2.94. The van der Waals surface area contributed by atoms with Gasteiger partial charge in [-0.15, -0.1) is 11.3 Å². The molecule has 19 heavy (non-hydrogen) atoms. The number of nitrogens with one attached hydrogen (secondary N) is 1. The summed E-state index contributed by atoms with van der Waals surface area (Å²) in [5, 5.41) is 11.8. The van der Waals surface area contributed by atoms with E-state index in [1.54, 1.807) is 16.0 Å². The van der Waals surface area contributed by atoms with Gasteiger partial charge in [-0.25, -0.2) is 0 Å². The van der Waals surface area contributed by atoms with E-state index in [-0.39, 0.29) is 0 Å². The number of halogens is 1. The zero-order valence-electron chi connectivity index (χ0n) is 10.8. The Balaban J connectivity index is 1.81. The lowest BCUT2D eigenvalue weighted by Crippen LogP contribution is -2.00. The maximum atomic E-state index is 6.22. The highest BCUT2D eigenvalue weighted by Gasteiger charge is 2.10. The molecule has 2 heterocycles. The lowest BCUT2D eigenvalue weighted by Gasteiger charge is -2.06. The van der Waals surface area contributed by atoms with Crippen molar-refractivity contribution < 1.29 is 0 Å². The van der Waals surface area contributed by atoms with Crippen LogP contribution in [0.15, 0.2) is 29.6 Å². The molecule has 0 spiro atoms. The van der Waals surface area contributed by atoms with Crippen LogP contribution < -0.4 is 5.32 Å². The minimum absolute atomic E-state index is 0.689. The predicted molar refractivity (Wildman–Crippen MR) is 82.1 cm³/mol. The third-order valence-corrected chi connectivity index (χ3v) is 4.56. The normalized spacial score (nSPS) is 11.1. The summed E-state index contributed by atoms with van der Waals surface area (Å²) in [6.45, 7) is 2.67. The fourth-order valence-corrected chi connectivity index (χ4v) is 3.15. The van der Waals surface area contributed by atoms with Crippen LogP contribution in [0.25, 0.3) is 10.1 Å². The van der Waals surface area contributed by atoms with Crippen LogP contribution >= 0.6 is 22.9 Å². The zero-order valence-corrected chi connectivity index (χ0v) is 12.3. The zero-order chi connectivity index (χ0) is 13.4. The van der Waals surface area contributed by atoms with Gasteiger partial charge in [0.25, 0.3) is 0 Å². The number of nitrogens with zero attached hydrogens (tertiary/aromatic N) is 2. The van der Waals surface area contributed by atoms with Crippen LogP contribution in [-0.4, -0.2) is 9.78 Å². The number of hydrogen-bond donors (Lipinski definition) is 1. The van der Waals surface area contributed by atoms with Gasteiger partial charge < -0.3 is 5.32 Å². The Bertz CT molecular complexity index is 729. The van der Waals surface area contributed by atoms with Crippen LogP contribution in [0.3, 0.4) is 0 Å². The summed E-state index contributed by atoms with van der Waals surface area (Å²) < 4.78 is 3.01. The van der Waals surface area contributed by atoms with E-state index in [0.29, 0.717) is 11.7 Å². The maximum Gasteiger partial charge on any atom is 0.131 e. The monoisotopic (exact) mass is 291 g/mol. The van der Waals surface area contributed by atoms with E-state index >= 15 is 0 Å². The van der Waals surface area contributed by atoms with Gasteiger partial charge in [0.15, 0.2) is 0 Å². The molecule has 5 heteroatoms. The Morgan fingerprint density at radius 2 is 2.21 bits per heavy atom. The van der Waals surface area contributed by atoms with Gasteiger partial charge in [0.1, 0.15) is 5.15 Å². The van der Waals surface area contributed by atoms with Crippen molar-refractivity contribution in [1.29, 1.82) is 0 Å². The summed E-state index contributed by atoms with van der Waals surface area (Å²) in [7, 11) is 1.86. The third kappa shape index (κ3) is 2.33. The second-order valence-corrected chi connectivity index (χ2v) is 5.81. The van der Waals surface area contributed by atoms with Crippen molar-refractivity contribution in [3.8, 4) is 0 Å². The molecule has 0 aliphatic heterocycles. The molecule has 1 aromatic carbocycles. The number of aromatic nitrogens is 2. The second kappa shape index (κ2) is 4.87. The SMILES string of the molecule is Cc1nn(C)c(Cl)c1CNc1ccc2sccc2c1. The van der Waals surface area contributed by atoms with Crippen molar-refractivity contribution in [2.75, 3.05) is 5.32 Å². The van der Waals surface area contributed by atoms with Gasteiger partial charge in [0, 0.05) is 29.5 Å². The van der Waals surface area contributed by atoms with Gasteiger partial charge >= 0.3 is 0 Å². The first-order chi connectivity index (χ1) is 9.15. The van der Waals surface area contributed by atoms with Crippen molar-refractivity contribution >= 4 is 38.7 Å². The Hall–Kier alpha value is -1.52. The molecule has 0 saturated heterocycles. The fraction of sp³-hybridized carbons (Fsp3) is 0.214. The molecular formula is C14H14ClN3S. The first kappa shape index (κ1) is 12.5. The predicted octanol–water partition coefficient (Wildman–Crippen LogP) is 4.21. The van der Waals surface area contributed by atoms with Gasteiger partial charge in [0.2, 0.25) is 0 Å². The third-order valence-electron chi connectivity index (χ3n) is 3.19. The van der Waals surface area contributed by atoms with E-state index in [1.807, 2.05) is 14.0 Å². The number of anilines is 1.